The molecule has 0 saturated carbocycles. The smallest absolute Gasteiger partial charge is 0.339 e. The predicted molar refractivity (Wildman–Crippen MR) is 95.4 cm³/mol. The van der Waals surface area contributed by atoms with E-state index in [9.17, 15) is 9.59 Å². The van der Waals surface area contributed by atoms with Crippen LogP contribution in [0.25, 0.3) is 0 Å². The maximum Gasteiger partial charge on any atom is 0.339 e. The van der Waals surface area contributed by atoms with Crippen molar-refractivity contribution in [1.29, 1.82) is 0 Å². The van der Waals surface area contributed by atoms with Crippen molar-refractivity contribution in [3.63, 3.8) is 0 Å². The van der Waals surface area contributed by atoms with Gasteiger partial charge in [-0.2, -0.15) is 0 Å². The Kier molecular flexibility index (Phi) is 5.95. The van der Waals surface area contributed by atoms with Gasteiger partial charge in [-0.05, 0) is 29.7 Å². The molecule has 0 fully saturated rings. The summed E-state index contributed by atoms with van der Waals surface area (Å²) < 4.78 is 4.72. The Bertz CT molecular complexity index is 726. The Hall–Kier alpha value is -2.82. The van der Waals surface area contributed by atoms with E-state index in [2.05, 4.69) is 24.5 Å². The zero-order chi connectivity index (χ0) is 17.5. The minimum absolute atomic E-state index is 0.110. The molecule has 0 aliphatic heterocycles. The van der Waals surface area contributed by atoms with Gasteiger partial charge in [-0.1, -0.05) is 44.2 Å². The van der Waals surface area contributed by atoms with E-state index < -0.39 is 5.97 Å². The van der Waals surface area contributed by atoms with E-state index in [0.717, 1.165) is 11.3 Å². The lowest BCUT2D eigenvalue weighted by molar-refractivity contribution is -0.114. The van der Waals surface area contributed by atoms with Crippen molar-refractivity contribution in [2.75, 3.05) is 24.3 Å². The van der Waals surface area contributed by atoms with E-state index in [1.54, 1.807) is 24.3 Å². The van der Waals surface area contributed by atoms with Gasteiger partial charge in [0.25, 0.3) is 0 Å². The number of methoxy groups -OCH3 is 1. The molecule has 0 aromatic heterocycles. The summed E-state index contributed by atoms with van der Waals surface area (Å²) in [5, 5.41) is 5.89. The van der Waals surface area contributed by atoms with Crippen molar-refractivity contribution in [2.24, 2.45) is 0 Å². The molecule has 2 N–H and O–H groups in total. The molecule has 1 amide bonds. The summed E-state index contributed by atoms with van der Waals surface area (Å²) in [6.45, 7) is 4.32. The number of carbonyl (C=O) groups is 2. The van der Waals surface area contributed by atoms with Crippen LogP contribution in [0.15, 0.2) is 48.5 Å². The number of para-hydroxylation sites is 2. The van der Waals surface area contributed by atoms with Gasteiger partial charge < -0.3 is 15.4 Å². The molecule has 2 aromatic carbocycles. The number of carbonyl (C=O) groups excluding carboxylic acids is 2. The molecule has 0 unspecified atom stereocenters. The molecule has 0 bridgehead atoms. The summed E-state index contributed by atoms with van der Waals surface area (Å²) in [4.78, 5) is 23.9. The van der Waals surface area contributed by atoms with Gasteiger partial charge in [0, 0.05) is 5.69 Å². The van der Waals surface area contributed by atoms with Crippen molar-refractivity contribution < 1.29 is 14.3 Å². The molecule has 0 aliphatic carbocycles. The third-order valence-electron chi connectivity index (χ3n) is 3.63. The number of rotatable bonds is 6. The Labute approximate surface area is 142 Å². The summed E-state index contributed by atoms with van der Waals surface area (Å²) >= 11 is 0. The largest absolute Gasteiger partial charge is 0.465 e. The van der Waals surface area contributed by atoms with Crippen LogP contribution >= 0.6 is 0 Å². The first-order valence-electron chi connectivity index (χ1n) is 7.83. The number of ether oxygens (including phenoxy) is 1. The van der Waals surface area contributed by atoms with Gasteiger partial charge in [-0.15, -0.1) is 0 Å². The molecule has 126 valence electrons. The molecule has 0 spiro atoms. The maximum absolute atomic E-state index is 12.2. The number of benzene rings is 2. The Morgan fingerprint density at radius 3 is 2.29 bits per heavy atom. The van der Waals surface area contributed by atoms with Crippen LogP contribution in [0.3, 0.4) is 0 Å². The Balaban J connectivity index is 2.04. The molecule has 0 saturated heterocycles. The Morgan fingerprint density at radius 1 is 1.00 bits per heavy atom. The van der Waals surface area contributed by atoms with Gasteiger partial charge >= 0.3 is 5.97 Å². The summed E-state index contributed by atoms with van der Waals surface area (Å²) in [5.41, 5.74) is 2.85. The van der Waals surface area contributed by atoms with Crippen LogP contribution in [0, 0.1) is 0 Å². The molecule has 24 heavy (non-hydrogen) atoms. The van der Waals surface area contributed by atoms with Gasteiger partial charge in [0.05, 0.1) is 24.9 Å². The summed E-state index contributed by atoms with van der Waals surface area (Å²) in [6.07, 6.45) is 0. The van der Waals surface area contributed by atoms with Crippen LogP contribution in [0.1, 0.15) is 35.7 Å². The van der Waals surface area contributed by atoms with Gasteiger partial charge in [0.15, 0.2) is 0 Å². The maximum atomic E-state index is 12.2. The molecule has 0 atom stereocenters. The first kappa shape index (κ1) is 17.5. The SMILES string of the molecule is COC(=O)c1ccccc1NC(=O)CNc1ccccc1C(C)C. The molecule has 0 radical (unpaired) electrons. The van der Waals surface area contributed by atoms with E-state index in [-0.39, 0.29) is 12.5 Å². The Morgan fingerprint density at radius 2 is 1.62 bits per heavy atom. The van der Waals surface area contributed by atoms with E-state index in [0.29, 0.717) is 17.2 Å². The summed E-state index contributed by atoms with van der Waals surface area (Å²) in [6, 6.07) is 14.7. The second-order valence-corrected chi connectivity index (χ2v) is 5.68. The highest BCUT2D eigenvalue weighted by atomic mass is 16.5. The molecular formula is C19H22N2O3. The van der Waals surface area contributed by atoms with Crippen LogP contribution in [0.4, 0.5) is 11.4 Å². The first-order valence-corrected chi connectivity index (χ1v) is 7.83. The molecule has 2 aromatic rings. The van der Waals surface area contributed by atoms with E-state index in [4.69, 9.17) is 4.74 Å². The molecule has 2 rings (SSSR count). The lowest BCUT2D eigenvalue weighted by atomic mass is 10.0. The number of nitrogens with one attached hydrogen (secondary N) is 2. The minimum atomic E-state index is -0.482. The fourth-order valence-electron chi connectivity index (χ4n) is 2.41. The summed E-state index contributed by atoms with van der Waals surface area (Å²) in [7, 11) is 1.31. The second kappa shape index (κ2) is 8.15. The highest BCUT2D eigenvalue weighted by Gasteiger charge is 2.13. The number of amides is 1. The lowest BCUT2D eigenvalue weighted by Gasteiger charge is -2.15. The predicted octanol–water partition coefficient (Wildman–Crippen LogP) is 3.65. The van der Waals surface area contributed by atoms with Crippen LogP contribution in [0.5, 0.6) is 0 Å². The van der Waals surface area contributed by atoms with Crippen molar-refractivity contribution >= 4 is 23.3 Å². The molecule has 0 heterocycles. The average Bonchev–Trinajstić information content (AvgIpc) is 2.60. The zero-order valence-corrected chi connectivity index (χ0v) is 14.1. The fraction of sp³-hybridized carbons (Fsp3) is 0.263. The molecular weight excluding hydrogens is 304 g/mol. The van der Waals surface area contributed by atoms with Crippen LogP contribution in [0.2, 0.25) is 0 Å². The van der Waals surface area contributed by atoms with Crippen LogP contribution in [-0.4, -0.2) is 25.5 Å². The van der Waals surface area contributed by atoms with Crippen molar-refractivity contribution in [3.05, 3.63) is 59.7 Å². The topological polar surface area (TPSA) is 67.4 Å². The number of hydrogen-bond acceptors (Lipinski definition) is 4. The van der Waals surface area contributed by atoms with E-state index >= 15 is 0 Å². The van der Waals surface area contributed by atoms with Gasteiger partial charge in [-0.25, -0.2) is 4.79 Å². The monoisotopic (exact) mass is 326 g/mol. The number of esters is 1. The van der Waals surface area contributed by atoms with E-state index in [1.165, 1.54) is 7.11 Å². The molecule has 5 nitrogen and oxygen atoms in total. The van der Waals surface area contributed by atoms with E-state index in [1.807, 2.05) is 24.3 Å². The first-order chi connectivity index (χ1) is 11.5. The highest BCUT2D eigenvalue weighted by Crippen LogP contribution is 2.23. The van der Waals surface area contributed by atoms with Crippen molar-refractivity contribution in [3.8, 4) is 0 Å². The third-order valence-corrected chi connectivity index (χ3v) is 3.63. The van der Waals surface area contributed by atoms with Gasteiger partial charge in [0.2, 0.25) is 5.91 Å². The normalized spacial score (nSPS) is 10.3. The third kappa shape index (κ3) is 4.35. The van der Waals surface area contributed by atoms with Crippen molar-refractivity contribution in [1.82, 2.24) is 0 Å². The van der Waals surface area contributed by atoms with Gasteiger partial charge in [-0.3, -0.25) is 4.79 Å². The molecule has 0 aliphatic rings. The standard InChI is InChI=1S/C19H22N2O3/c1-13(2)14-8-4-6-10-16(14)20-12-18(22)21-17-11-7-5-9-15(17)19(23)24-3/h4-11,13,20H,12H2,1-3H3,(H,21,22). The number of hydrogen-bond donors (Lipinski definition) is 2. The van der Waals surface area contributed by atoms with Crippen LogP contribution in [-0.2, 0) is 9.53 Å². The van der Waals surface area contributed by atoms with Crippen LogP contribution < -0.4 is 10.6 Å². The van der Waals surface area contributed by atoms with Crippen molar-refractivity contribution in [2.45, 2.75) is 19.8 Å². The van der Waals surface area contributed by atoms with Gasteiger partial charge in [0.1, 0.15) is 0 Å². The quantitative estimate of drug-likeness (QED) is 0.795. The fourth-order valence-corrected chi connectivity index (χ4v) is 2.41. The lowest BCUT2D eigenvalue weighted by Crippen LogP contribution is -2.23. The zero-order valence-electron chi connectivity index (χ0n) is 14.1. The number of anilines is 2. The average molecular weight is 326 g/mol. The summed E-state index contributed by atoms with van der Waals surface area (Å²) in [5.74, 6) is -0.356. The minimum Gasteiger partial charge on any atom is -0.465 e. The molecule has 5 heteroatoms. The second-order valence-electron chi connectivity index (χ2n) is 5.68. The highest BCUT2D eigenvalue weighted by molar-refractivity contribution is 6.02.